The van der Waals surface area contributed by atoms with Crippen LogP contribution in [0.4, 0.5) is 5.69 Å². The van der Waals surface area contributed by atoms with Crippen molar-refractivity contribution < 1.29 is 9.59 Å². The second kappa shape index (κ2) is 5.56. The maximum Gasteiger partial charge on any atom is 0.250 e. The van der Waals surface area contributed by atoms with Gasteiger partial charge in [-0.15, -0.1) is 0 Å². The van der Waals surface area contributed by atoms with Crippen LogP contribution in [0.15, 0.2) is 16.6 Å². The molecule has 0 bridgehead atoms. The van der Waals surface area contributed by atoms with Crippen molar-refractivity contribution >= 4 is 33.4 Å². The Balaban J connectivity index is 2.58. The number of amides is 2. The minimum atomic E-state index is -0.488. The SMILES string of the molecule is CCC1C(=O)NC(C)C(=O)N1c1c(C)cc(C)cc1Br. The van der Waals surface area contributed by atoms with Crippen LogP contribution in [0.1, 0.15) is 31.4 Å². The average molecular weight is 339 g/mol. The Bertz CT molecular complexity index is 548. The van der Waals surface area contributed by atoms with Gasteiger partial charge < -0.3 is 5.32 Å². The van der Waals surface area contributed by atoms with Crippen LogP contribution in [0.25, 0.3) is 0 Å². The third-order valence-corrected chi connectivity index (χ3v) is 4.21. The maximum atomic E-state index is 12.5. The number of hydrogen-bond acceptors (Lipinski definition) is 2. The van der Waals surface area contributed by atoms with Gasteiger partial charge in [-0.05, 0) is 60.3 Å². The van der Waals surface area contributed by atoms with Crippen molar-refractivity contribution in [1.29, 1.82) is 0 Å². The average Bonchev–Trinajstić information content (AvgIpc) is 2.34. The lowest BCUT2D eigenvalue weighted by molar-refractivity contribution is -0.133. The van der Waals surface area contributed by atoms with Crippen LogP contribution in [0, 0.1) is 13.8 Å². The molecule has 0 saturated carbocycles. The number of piperazine rings is 1. The van der Waals surface area contributed by atoms with Crippen molar-refractivity contribution in [1.82, 2.24) is 5.32 Å². The molecule has 1 N–H and O–H groups in total. The Labute approximate surface area is 127 Å². The van der Waals surface area contributed by atoms with Crippen LogP contribution >= 0.6 is 15.9 Å². The highest BCUT2D eigenvalue weighted by atomic mass is 79.9. The smallest absolute Gasteiger partial charge is 0.250 e. The van der Waals surface area contributed by atoms with E-state index in [2.05, 4.69) is 21.2 Å². The number of nitrogens with zero attached hydrogens (tertiary/aromatic N) is 1. The van der Waals surface area contributed by atoms with Crippen molar-refractivity contribution in [3.05, 3.63) is 27.7 Å². The summed E-state index contributed by atoms with van der Waals surface area (Å²) in [6.45, 7) is 7.60. The Morgan fingerprint density at radius 3 is 2.50 bits per heavy atom. The molecule has 5 heteroatoms. The Morgan fingerprint density at radius 1 is 1.30 bits per heavy atom. The number of hydrogen-bond donors (Lipinski definition) is 1. The van der Waals surface area contributed by atoms with Crippen LogP contribution in [-0.4, -0.2) is 23.9 Å². The molecule has 20 heavy (non-hydrogen) atoms. The normalized spacial score (nSPS) is 22.9. The number of nitrogens with one attached hydrogen (secondary N) is 1. The molecule has 0 aliphatic carbocycles. The molecule has 4 nitrogen and oxygen atoms in total. The lowest BCUT2D eigenvalue weighted by Crippen LogP contribution is -2.62. The standard InChI is InChI=1S/C15H19BrN2O2/c1-5-12-14(19)17-10(4)15(20)18(12)13-9(3)6-8(2)7-11(13)16/h6-7,10,12H,5H2,1-4H3,(H,17,19). The predicted molar refractivity (Wildman–Crippen MR) is 82.8 cm³/mol. The number of carbonyl (C=O) groups excluding carboxylic acids is 2. The fourth-order valence-corrected chi connectivity index (χ4v) is 3.56. The molecule has 0 radical (unpaired) electrons. The van der Waals surface area contributed by atoms with Crippen LogP contribution in [0.2, 0.25) is 0 Å². The van der Waals surface area contributed by atoms with Crippen molar-refractivity contribution in [2.45, 2.75) is 46.2 Å². The van der Waals surface area contributed by atoms with Gasteiger partial charge in [0.25, 0.3) is 0 Å². The molecule has 2 atom stereocenters. The monoisotopic (exact) mass is 338 g/mol. The van der Waals surface area contributed by atoms with E-state index >= 15 is 0 Å². The molecule has 0 aromatic heterocycles. The summed E-state index contributed by atoms with van der Waals surface area (Å²) in [7, 11) is 0. The first-order valence-corrected chi connectivity index (χ1v) is 7.56. The Hall–Kier alpha value is -1.36. The Morgan fingerprint density at radius 2 is 1.95 bits per heavy atom. The minimum Gasteiger partial charge on any atom is -0.343 e. The summed E-state index contributed by atoms with van der Waals surface area (Å²) in [6.07, 6.45) is 0.587. The summed E-state index contributed by atoms with van der Waals surface area (Å²) in [5.74, 6) is -0.157. The van der Waals surface area contributed by atoms with E-state index in [0.717, 1.165) is 21.3 Å². The number of halogens is 1. The van der Waals surface area contributed by atoms with Gasteiger partial charge in [-0.25, -0.2) is 0 Å². The molecule has 1 aliphatic heterocycles. The number of anilines is 1. The van der Waals surface area contributed by atoms with Gasteiger partial charge in [-0.3, -0.25) is 14.5 Å². The molecule has 1 heterocycles. The van der Waals surface area contributed by atoms with Crippen molar-refractivity contribution in [3.63, 3.8) is 0 Å². The fraction of sp³-hybridized carbons (Fsp3) is 0.467. The number of carbonyl (C=O) groups is 2. The molecule has 2 unspecified atom stereocenters. The van der Waals surface area contributed by atoms with E-state index in [1.807, 2.05) is 32.9 Å². The lowest BCUT2D eigenvalue weighted by atomic mass is 10.0. The number of aryl methyl sites for hydroxylation is 2. The zero-order valence-corrected chi connectivity index (χ0v) is 13.7. The van der Waals surface area contributed by atoms with E-state index < -0.39 is 12.1 Å². The molecule has 1 aromatic rings. The third-order valence-electron chi connectivity index (χ3n) is 3.61. The molecular formula is C15H19BrN2O2. The number of rotatable bonds is 2. The molecule has 0 spiro atoms. The summed E-state index contributed by atoms with van der Waals surface area (Å²) in [6, 6.07) is 3.06. The second-order valence-electron chi connectivity index (χ2n) is 5.27. The number of benzene rings is 1. The topological polar surface area (TPSA) is 49.4 Å². The van der Waals surface area contributed by atoms with Gasteiger partial charge in [0.05, 0.1) is 5.69 Å². The molecule has 1 fully saturated rings. The molecule has 1 aromatic carbocycles. The quantitative estimate of drug-likeness (QED) is 0.901. The summed E-state index contributed by atoms with van der Waals surface area (Å²) in [5.41, 5.74) is 2.91. The van der Waals surface area contributed by atoms with E-state index in [-0.39, 0.29) is 11.8 Å². The molecule has 2 rings (SSSR count). The minimum absolute atomic E-state index is 0.0656. The summed E-state index contributed by atoms with van der Waals surface area (Å²) in [4.78, 5) is 26.3. The lowest BCUT2D eigenvalue weighted by Gasteiger charge is -2.38. The highest BCUT2D eigenvalue weighted by Crippen LogP contribution is 2.34. The summed E-state index contributed by atoms with van der Waals surface area (Å²) >= 11 is 3.53. The van der Waals surface area contributed by atoms with Crippen LogP contribution < -0.4 is 10.2 Å². The first-order chi connectivity index (χ1) is 9.36. The zero-order valence-electron chi connectivity index (χ0n) is 12.2. The fourth-order valence-electron chi connectivity index (χ4n) is 2.70. The van der Waals surface area contributed by atoms with Gasteiger partial charge in [0.2, 0.25) is 11.8 Å². The molecular weight excluding hydrogens is 320 g/mol. The van der Waals surface area contributed by atoms with Gasteiger partial charge in [-0.1, -0.05) is 13.0 Å². The van der Waals surface area contributed by atoms with Crippen LogP contribution in [0.5, 0.6) is 0 Å². The highest BCUT2D eigenvalue weighted by molar-refractivity contribution is 9.10. The van der Waals surface area contributed by atoms with Crippen LogP contribution in [0.3, 0.4) is 0 Å². The molecule has 1 aliphatic rings. The van der Waals surface area contributed by atoms with E-state index in [1.54, 1.807) is 11.8 Å². The van der Waals surface area contributed by atoms with Gasteiger partial charge in [0.1, 0.15) is 12.1 Å². The van der Waals surface area contributed by atoms with E-state index in [9.17, 15) is 9.59 Å². The van der Waals surface area contributed by atoms with Gasteiger partial charge >= 0.3 is 0 Å². The Kier molecular flexibility index (Phi) is 4.18. The third kappa shape index (κ3) is 2.46. The van der Waals surface area contributed by atoms with Gasteiger partial charge in [0, 0.05) is 4.47 Å². The van der Waals surface area contributed by atoms with Crippen LogP contribution in [-0.2, 0) is 9.59 Å². The highest BCUT2D eigenvalue weighted by Gasteiger charge is 2.39. The van der Waals surface area contributed by atoms with E-state index in [1.165, 1.54) is 0 Å². The first-order valence-electron chi connectivity index (χ1n) is 6.77. The van der Waals surface area contributed by atoms with E-state index in [4.69, 9.17) is 0 Å². The second-order valence-corrected chi connectivity index (χ2v) is 6.13. The first kappa shape index (κ1) is 15.0. The molecule has 2 amide bonds. The predicted octanol–water partition coefficient (Wildman–Crippen LogP) is 2.70. The summed E-state index contributed by atoms with van der Waals surface area (Å²) in [5, 5.41) is 2.73. The van der Waals surface area contributed by atoms with Crippen molar-refractivity contribution in [2.24, 2.45) is 0 Å². The zero-order chi connectivity index (χ0) is 15.0. The van der Waals surface area contributed by atoms with E-state index in [0.29, 0.717) is 6.42 Å². The largest absolute Gasteiger partial charge is 0.343 e. The molecule has 108 valence electrons. The van der Waals surface area contributed by atoms with Crippen molar-refractivity contribution in [3.8, 4) is 0 Å². The van der Waals surface area contributed by atoms with Crippen molar-refractivity contribution in [2.75, 3.05) is 4.90 Å². The van der Waals surface area contributed by atoms with Gasteiger partial charge in [0.15, 0.2) is 0 Å². The van der Waals surface area contributed by atoms with Gasteiger partial charge in [-0.2, -0.15) is 0 Å². The maximum absolute atomic E-state index is 12.5. The molecule has 1 saturated heterocycles. The summed E-state index contributed by atoms with van der Waals surface area (Å²) < 4.78 is 0.851.